The van der Waals surface area contributed by atoms with Crippen LogP contribution in [0.4, 0.5) is 5.69 Å². The fourth-order valence-electron chi connectivity index (χ4n) is 2.39. The van der Waals surface area contributed by atoms with Crippen LogP contribution >= 0.6 is 0 Å². The number of hydrogen-bond acceptors (Lipinski definition) is 3. The van der Waals surface area contributed by atoms with Crippen molar-refractivity contribution < 1.29 is 0 Å². The monoisotopic (exact) mass is 257 g/mol. The number of nitrogens with zero attached hydrogens (tertiary/aromatic N) is 2. The molecule has 0 saturated carbocycles. The van der Waals surface area contributed by atoms with Crippen LogP contribution in [0.5, 0.6) is 0 Å². The van der Waals surface area contributed by atoms with Crippen LogP contribution in [0.3, 0.4) is 0 Å². The quantitative estimate of drug-likeness (QED) is 0.892. The highest BCUT2D eigenvalue weighted by molar-refractivity contribution is 5.90. The average molecular weight is 257 g/mol. The maximum atomic E-state index is 6.12. The summed E-state index contributed by atoms with van der Waals surface area (Å²) in [5.74, 6) is 0. The predicted octanol–water partition coefficient (Wildman–Crippen LogP) is 3.44. The zero-order chi connectivity index (χ0) is 13.8. The number of fused-ring (bicyclic) bond motifs is 1. The summed E-state index contributed by atoms with van der Waals surface area (Å²) in [6, 6.07) is 10.6. The van der Waals surface area contributed by atoms with Crippen LogP contribution in [0.15, 0.2) is 30.3 Å². The second-order valence-electron chi connectivity index (χ2n) is 5.04. The molecule has 0 aliphatic heterocycles. The number of nitrogens with two attached hydrogens (primary N) is 1. The molecule has 1 heterocycles. The Kier molecular flexibility index (Phi) is 4.38. The number of rotatable bonds is 5. The minimum atomic E-state index is 0.569. The smallest absolute Gasteiger partial charge is 0.0726 e. The maximum absolute atomic E-state index is 6.12. The highest BCUT2D eigenvalue weighted by atomic mass is 15.1. The number of benzene rings is 1. The summed E-state index contributed by atoms with van der Waals surface area (Å²) in [5.41, 5.74) is 8.98. The van der Waals surface area contributed by atoms with Gasteiger partial charge in [-0.2, -0.15) is 0 Å². The second kappa shape index (κ2) is 6.02. The van der Waals surface area contributed by atoms with Gasteiger partial charge in [0, 0.05) is 23.7 Å². The van der Waals surface area contributed by atoms with Crippen molar-refractivity contribution in [3.63, 3.8) is 0 Å². The van der Waals surface area contributed by atoms with Crippen molar-refractivity contribution >= 4 is 16.6 Å². The number of nitrogen functional groups attached to an aromatic ring is 1. The molecule has 2 aromatic rings. The van der Waals surface area contributed by atoms with E-state index in [0.29, 0.717) is 6.04 Å². The lowest BCUT2D eigenvalue weighted by Gasteiger charge is -2.26. The lowest BCUT2D eigenvalue weighted by atomic mass is 10.1. The fraction of sp³-hybridized carbons (Fsp3) is 0.438. The first-order chi connectivity index (χ1) is 9.15. The molecular formula is C16H23N3. The molecule has 0 amide bonds. The van der Waals surface area contributed by atoms with Crippen molar-refractivity contribution in [2.24, 2.45) is 0 Å². The highest BCUT2D eigenvalue weighted by Gasteiger charge is 2.12. The molecule has 1 atom stereocenters. The predicted molar refractivity (Wildman–Crippen MR) is 82.0 cm³/mol. The summed E-state index contributed by atoms with van der Waals surface area (Å²) in [7, 11) is 0. The molecule has 0 aliphatic rings. The first-order valence-electron chi connectivity index (χ1n) is 7.03. The van der Waals surface area contributed by atoms with E-state index in [9.17, 15) is 0 Å². The number of pyridine rings is 1. The first-order valence-corrected chi connectivity index (χ1v) is 7.03. The van der Waals surface area contributed by atoms with Gasteiger partial charge in [-0.3, -0.25) is 9.88 Å². The Bertz CT molecular complexity index is 551. The van der Waals surface area contributed by atoms with Crippen molar-refractivity contribution in [2.45, 2.75) is 39.8 Å². The Balaban J connectivity index is 2.30. The molecule has 1 aromatic heterocycles. The van der Waals surface area contributed by atoms with Gasteiger partial charge >= 0.3 is 0 Å². The molecule has 0 aliphatic carbocycles. The van der Waals surface area contributed by atoms with Gasteiger partial charge in [0.2, 0.25) is 0 Å². The number of anilines is 1. The molecule has 0 fully saturated rings. The van der Waals surface area contributed by atoms with Crippen LogP contribution < -0.4 is 5.73 Å². The number of aromatic nitrogens is 1. The van der Waals surface area contributed by atoms with Crippen LogP contribution in [0.1, 0.15) is 32.9 Å². The normalized spacial score (nSPS) is 13.1. The number of hydrogen-bond donors (Lipinski definition) is 1. The van der Waals surface area contributed by atoms with Crippen LogP contribution in [-0.2, 0) is 6.54 Å². The lowest BCUT2D eigenvalue weighted by Crippen LogP contribution is -2.32. The fourth-order valence-corrected chi connectivity index (χ4v) is 2.39. The minimum absolute atomic E-state index is 0.569. The minimum Gasteiger partial charge on any atom is -0.398 e. The van der Waals surface area contributed by atoms with Gasteiger partial charge in [0.05, 0.1) is 11.2 Å². The van der Waals surface area contributed by atoms with Crippen LogP contribution in [-0.4, -0.2) is 22.5 Å². The van der Waals surface area contributed by atoms with Crippen LogP contribution in [0.25, 0.3) is 10.9 Å². The van der Waals surface area contributed by atoms with Gasteiger partial charge in [0.1, 0.15) is 0 Å². The maximum Gasteiger partial charge on any atom is 0.0726 e. The van der Waals surface area contributed by atoms with E-state index < -0.39 is 0 Å². The Labute approximate surface area is 115 Å². The molecule has 102 valence electrons. The Morgan fingerprint density at radius 2 is 2.00 bits per heavy atom. The van der Waals surface area contributed by atoms with E-state index in [2.05, 4.69) is 25.7 Å². The molecule has 1 aromatic carbocycles. The van der Waals surface area contributed by atoms with Gasteiger partial charge in [-0.1, -0.05) is 32.0 Å². The molecule has 3 heteroatoms. The topological polar surface area (TPSA) is 42.1 Å². The molecule has 0 bridgehead atoms. The Morgan fingerprint density at radius 1 is 1.26 bits per heavy atom. The van der Waals surface area contributed by atoms with E-state index in [0.717, 1.165) is 41.8 Å². The van der Waals surface area contributed by atoms with Gasteiger partial charge in [-0.25, -0.2) is 0 Å². The van der Waals surface area contributed by atoms with Crippen molar-refractivity contribution in [3.8, 4) is 0 Å². The summed E-state index contributed by atoms with van der Waals surface area (Å²) in [4.78, 5) is 7.15. The van der Waals surface area contributed by atoms with E-state index >= 15 is 0 Å². The first kappa shape index (κ1) is 13.8. The van der Waals surface area contributed by atoms with Gasteiger partial charge in [0.15, 0.2) is 0 Å². The molecule has 0 radical (unpaired) electrons. The second-order valence-corrected chi connectivity index (χ2v) is 5.04. The summed E-state index contributed by atoms with van der Waals surface area (Å²) in [5, 5.41) is 1.04. The molecule has 2 N–H and O–H groups in total. The SMILES string of the molecule is CCC(C)N(CC)Cc1cc(N)c2ccccc2n1. The van der Waals surface area contributed by atoms with E-state index in [-0.39, 0.29) is 0 Å². The van der Waals surface area contributed by atoms with E-state index in [4.69, 9.17) is 10.7 Å². The van der Waals surface area contributed by atoms with Gasteiger partial charge in [-0.15, -0.1) is 0 Å². The summed E-state index contributed by atoms with van der Waals surface area (Å²) < 4.78 is 0. The van der Waals surface area contributed by atoms with E-state index in [1.807, 2.05) is 30.3 Å². The molecule has 1 unspecified atom stereocenters. The molecule has 2 rings (SSSR count). The van der Waals surface area contributed by atoms with Crippen molar-refractivity contribution in [3.05, 3.63) is 36.0 Å². The molecule has 0 spiro atoms. The van der Waals surface area contributed by atoms with E-state index in [1.165, 1.54) is 0 Å². The zero-order valence-electron chi connectivity index (χ0n) is 12.1. The third-order valence-electron chi connectivity index (χ3n) is 3.79. The molecule has 3 nitrogen and oxygen atoms in total. The summed E-state index contributed by atoms with van der Waals surface area (Å²) in [6.45, 7) is 8.56. The van der Waals surface area contributed by atoms with Gasteiger partial charge in [0.25, 0.3) is 0 Å². The number of para-hydroxylation sites is 1. The third kappa shape index (κ3) is 3.04. The van der Waals surface area contributed by atoms with Crippen molar-refractivity contribution in [1.29, 1.82) is 0 Å². The van der Waals surface area contributed by atoms with Gasteiger partial charge in [-0.05, 0) is 32.0 Å². The van der Waals surface area contributed by atoms with Crippen molar-refractivity contribution in [2.75, 3.05) is 12.3 Å². The summed E-state index contributed by atoms with van der Waals surface area (Å²) >= 11 is 0. The summed E-state index contributed by atoms with van der Waals surface area (Å²) in [6.07, 6.45) is 1.15. The molecule has 19 heavy (non-hydrogen) atoms. The van der Waals surface area contributed by atoms with Crippen molar-refractivity contribution in [1.82, 2.24) is 9.88 Å². The molecular weight excluding hydrogens is 234 g/mol. The lowest BCUT2D eigenvalue weighted by molar-refractivity contribution is 0.204. The Hall–Kier alpha value is -1.61. The Morgan fingerprint density at radius 3 is 2.68 bits per heavy atom. The van der Waals surface area contributed by atoms with Crippen LogP contribution in [0, 0.1) is 0 Å². The standard InChI is InChI=1S/C16H23N3/c1-4-12(3)19(5-2)11-13-10-15(17)14-8-6-7-9-16(14)18-13/h6-10,12H,4-5,11H2,1-3H3,(H2,17,18). The third-order valence-corrected chi connectivity index (χ3v) is 3.79. The highest BCUT2D eigenvalue weighted by Crippen LogP contribution is 2.21. The zero-order valence-corrected chi connectivity index (χ0v) is 12.1. The molecule has 0 saturated heterocycles. The van der Waals surface area contributed by atoms with Crippen LogP contribution in [0.2, 0.25) is 0 Å². The largest absolute Gasteiger partial charge is 0.398 e. The van der Waals surface area contributed by atoms with Gasteiger partial charge < -0.3 is 5.73 Å². The average Bonchev–Trinajstić information content (AvgIpc) is 2.44. The van der Waals surface area contributed by atoms with E-state index in [1.54, 1.807) is 0 Å².